The molecule has 0 bridgehead atoms. The lowest BCUT2D eigenvalue weighted by Crippen LogP contribution is -2.12. The Morgan fingerprint density at radius 1 is 1.24 bits per heavy atom. The Kier molecular flexibility index (Phi) is 3.78. The molecule has 0 aliphatic heterocycles. The first-order valence-corrected chi connectivity index (χ1v) is 8.01. The van der Waals surface area contributed by atoms with Crippen molar-refractivity contribution < 1.29 is 4.79 Å². The number of hydrogen-bond donors (Lipinski definition) is 2. The molecule has 6 nitrogen and oxygen atoms in total. The van der Waals surface area contributed by atoms with Crippen LogP contribution in [-0.4, -0.2) is 25.7 Å². The van der Waals surface area contributed by atoms with Crippen LogP contribution in [0.2, 0.25) is 0 Å². The minimum Gasteiger partial charge on any atom is -0.331 e. The number of rotatable bonds is 4. The van der Waals surface area contributed by atoms with Crippen LogP contribution >= 0.6 is 0 Å². The summed E-state index contributed by atoms with van der Waals surface area (Å²) in [4.78, 5) is 16.9. The van der Waals surface area contributed by atoms with E-state index in [1.54, 1.807) is 18.5 Å². The molecule has 2 aromatic carbocycles. The van der Waals surface area contributed by atoms with Gasteiger partial charge in [0, 0.05) is 30.0 Å². The zero-order chi connectivity index (χ0) is 17.2. The van der Waals surface area contributed by atoms with Crippen molar-refractivity contribution in [3.8, 4) is 0 Å². The molecule has 0 spiro atoms. The number of para-hydroxylation sites is 1. The fraction of sp³-hybridized carbons (Fsp3) is 0.105. The molecule has 0 saturated carbocycles. The van der Waals surface area contributed by atoms with E-state index in [0.29, 0.717) is 12.1 Å². The molecular weight excluding hydrogens is 314 g/mol. The summed E-state index contributed by atoms with van der Waals surface area (Å²) in [7, 11) is 0. The van der Waals surface area contributed by atoms with Gasteiger partial charge in [0.1, 0.15) is 5.82 Å². The van der Waals surface area contributed by atoms with Gasteiger partial charge in [0.15, 0.2) is 0 Å². The lowest BCUT2D eigenvalue weighted by Gasteiger charge is -2.09. The molecule has 0 atom stereocenters. The summed E-state index contributed by atoms with van der Waals surface area (Å²) in [5.74, 6) is 0.797. The highest BCUT2D eigenvalue weighted by atomic mass is 16.1. The highest BCUT2D eigenvalue weighted by Crippen LogP contribution is 2.18. The molecule has 0 radical (unpaired) electrons. The van der Waals surface area contributed by atoms with E-state index < -0.39 is 0 Å². The van der Waals surface area contributed by atoms with Gasteiger partial charge in [-0.3, -0.25) is 9.89 Å². The highest BCUT2D eigenvalue weighted by Gasteiger charge is 2.11. The molecule has 4 rings (SSSR count). The maximum absolute atomic E-state index is 12.6. The summed E-state index contributed by atoms with van der Waals surface area (Å²) in [6, 6.07) is 13.4. The summed E-state index contributed by atoms with van der Waals surface area (Å²) in [6.45, 7) is 2.68. The Morgan fingerprint density at radius 2 is 2.12 bits per heavy atom. The molecule has 2 N–H and O–H groups in total. The molecule has 6 heteroatoms. The van der Waals surface area contributed by atoms with Crippen molar-refractivity contribution in [1.29, 1.82) is 0 Å². The standard InChI is InChI=1S/C19H17N5O/c1-13-20-8-9-24(13)12-14-4-2-6-16(10-14)22-19(25)17-7-3-5-15-11-21-23-18(15)17/h2-11H,12H2,1H3,(H,21,23)(H,22,25). The van der Waals surface area contributed by atoms with Crippen molar-refractivity contribution in [3.05, 3.63) is 78.0 Å². The fourth-order valence-corrected chi connectivity index (χ4v) is 2.87. The molecule has 1 amide bonds. The summed E-state index contributed by atoms with van der Waals surface area (Å²) in [6.07, 6.45) is 5.44. The van der Waals surface area contributed by atoms with E-state index in [0.717, 1.165) is 28.0 Å². The number of amides is 1. The zero-order valence-electron chi connectivity index (χ0n) is 13.7. The van der Waals surface area contributed by atoms with E-state index in [-0.39, 0.29) is 5.91 Å². The van der Waals surface area contributed by atoms with Crippen LogP contribution in [0.15, 0.2) is 61.1 Å². The smallest absolute Gasteiger partial charge is 0.257 e. The van der Waals surface area contributed by atoms with Crippen LogP contribution < -0.4 is 5.32 Å². The normalized spacial score (nSPS) is 10.9. The van der Waals surface area contributed by atoms with Crippen LogP contribution in [-0.2, 0) is 6.54 Å². The summed E-state index contributed by atoms with van der Waals surface area (Å²) in [5, 5.41) is 10.8. The minimum atomic E-state index is -0.161. The average molecular weight is 331 g/mol. The first-order chi connectivity index (χ1) is 12.2. The van der Waals surface area contributed by atoms with Crippen LogP contribution in [0.25, 0.3) is 10.9 Å². The molecule has 0 aliphatic rings. The molecule has 0 fully saturated rings. The van der Waals surface area contributed by atoms with Crippen molar-refractivity contribution in [1.82, 2.24) is 19.7 Å². The van der Waals surface area contributed by atoms with Crippen molar-refractivity contribution in [3.63, 3.8) is 0 Å². The topological polar surface area (TPSA) is 75.6 Å². The average Bonchev–Trinajstić information content (AvgIpc) is 3.24. The van der Waals surface area contributed by atoms with Crippen LogP contribution in [0, 0.1) is 6.92 Å². The SMILES string of the molecule is Cc1nccn1Cc1cccc(NC(=O)c2cccc3cn[nH]c23)c1. The number of anilines is 1. The Hall–Kier alpha value is -3.41. The number of aryl methyl sites for hydroxylation is 1. The van der Waals surface area contributed by atoms with E-state index in [1.807, 2.05) is 49.5 Å². The van der Waals surface area contributed by atoms with Crippen molar-refractivity contribution >= 4 is 22.5 Å². The molecule has 25 heavy (non-hydrogen) atoms. The van der Waals surface area contributed by atoms with Gasteiger partial charge in [-0.1, -0.05) is 24.3 Å². The predicted molar refractivity (Wildman–Crippen MR) is 96.6 cm³/mol. The molecule has 4 aromatic rings. The van der Waals surface area contributed by atoms with Gasteiger partial charge in [0.25, 0.3) is 5.91 Å². The second-order valence-corrected chi connectivity index (χ2v) is 5.90. The van der Waals surface area contributed by atoms with Gasteiger partial charge < -0.3 is 9.88 Å². The lowest BCUT2D eigenvalue weighted by atomic mass is 10.1. The number of hydrogen-bond acceptors (Lipinski definition) is 3. The number of benzene rings is 2. The van der Waals surface area contributed by atoms with Crippen LogP contribution in [0.4, 0.5) is 5.69 Å². The van der Waals surface area contributed by atoms with Crippen LogP contribution in [0.5, 0.6) is 0 Å². The molecule has 124 valence electrons. The number of H-pyrrole nitrogens is 1. The van der Waals surface area contributed by atoms with Gasteiger partial charge in [-0.2, -0.15) is 5.10 Å². The first-order valence-electron chi connectivity index (χ1n) is 8.01. The number of fused-ring (bicyclic) bond motifs is 1. The van der Waals surface area contributed by atoms with Crippen molar-refractivity contribution in [2.24, 2.45) is 0 Å². The third-order valence-corrected chi connectivity index (χ3v) is 4.18. The summed E-state index contributed by atoms with van der Waals surface area (Å²) >= 11 is 0. The Balaban J connectivity index is 1.56. The fourth-order valence-electron chi connectivity index (χ4n) is 2.87. The van der Waals surface area contributed by atoms with Crippen molar-refractivity contribution in [2.45, 2.75) is 13.5 Å². The maximum atomic E-state index is 12.6. The molecular formula is C19H17N5O. The number of carbonyl (C=O) groups excluding carboxylic acids is 1. The summed E-state index contributed by atoms with van der Waals surface area (Å²) in [5.41, 5.74) is 3.17. The number of imidazole rings is 1. The van der Waals surface area contributed by atoms with Gasteiger partial charge in [-0.05, 0) is 30.7 Å². The number of carbonyl (C=O) groups is 1. The first kappa shape index (κ1) is 15.1. The monoisotopic (exact) mass is 331 g/mol. The second-order valence-electron chi connectivity index (χ2n) is 5.90. The van der Waals surface area contributed by atoms with Crippen LogP contribution in [0.1, 0.15) is 21.7 Å². The van der Waals surface area contributed by atoms with Gasteiger partial charge in [-0.25, -0.2) is 4.98 Å². The number of nitrogens with one attached hydrogen (secondary N) is 2. The van der Waals surface area contributed by atoms with Gasteiger partial charge in [0.05, 0.1) is 17.3 Å². The predicted octanol–water partition coefficient (Wildman–Crippen LogP) is 3.37. The molecule has 0 unspecified atom stereocenters. The Bertz CT molecular complexity index is 1050. The quantitative estimate of drug-likeness (QED) is 0.602. The molecule has 0 aliphatic carbocycles. The van der Waals surface area contributed by atoms with E-state index in [1.165, 1.54) is 0 Å². The lowest BCUT2D eigenvalue weighted by molar-refractivity contribution is 0.102. The highest BCUT2D eigenvalue weighted by molar-refractivity contribution is 6.11. The van der Waals surface area contributed by atoms with Gasteiger partial charge >= 0.3 is 0 Å². The van der Waals surface area contributed by atoms with E-state index in [2.05, 4.69) is 25.1 Å². The molecule has 2 heterocycles. The van der Waals surface area contributed by atoms with E-state index in [4.69, 9.17) is 0 Å². The Labute approximate surface area is 144 Å². The molecule has 2 aromatic heterocycles. The summed E-state index contributed by atoms with van der Waals surface area (Å²) < 4.78 is 2.06. The number of nitrogens with zero attached hydrogens (tertiary/aromatic N) is 3. The van der Waals surface area contributed by atoms with Gasteiger partial charge in [0.2, 0.25) is 0 Å². The minimum absolute atomic E-state index is 0.161. The van der Waals surface area contributed by atoms with E-state index >= 15 is 0 Å². The number of aromatic amines is 1. The third-order valence-electron chi connectivity index (χ3n) is 4.18. The van der Waals surface area contributed by atoms with Gasteiger partial charge in [-0.15, -0.1) is 0 Å². The zero-order valence-corrected chi connectivity index (χ0v) is 13.7. The maximum Gasteiger partial charge on any atom is 0.257 e. The largest absolute Gasteiger partial charge is 0.331 e. The van der Waals surface area contributed by atoms with Crippen LogP contribution in [0.3, 0.4) is 0 Å². The van der Waals surface area contributed by atoms with Crippen molar-refractivity contribution in [2.75, 3.05) is 5.32 Å². The third kappa shape index (κ3) is 3.01. The van der Waals surface area contributed by atoms with E-state index in [9.17, 15) is 4.79 Å². The second kappa shape index (κ2) is 6.24. The number of aromatic nitrogens is 4. The Morgan fingerprint density at radius 3 is 2.96 bits per heavy atom. The molecule has 0 saturated heterocycles.